The molecule has 0 radical (unpaired) electrons. The first-order valence-electron chi connectivity index (χ1n) is 8.53. The van der Waals surface area contributed by atoms with Gasteiger partial charge in [0.1, 0.15) is 5.78 Å². The lowest BCUT2D eigenvalue weighted by molar-refractivity contribution is -0.125. The average Bonchev–Trinajstić information content (AvgIpc) is 3.08. The van der Waals surface area contributed by atoms with Gasteiger partial charge in [0.2, 0.25) is 0 Å². The Morgan fingerprint density at radius 1 is 1.16 bits per heavy atom. The van der Waals surface area contributed by atoms with Crippen molar-refractivity contribution in [2.24, 2.45) is 13.0 Å². The number of Topliss-reactive ketones (excluding diaryl/α,β-unsaturated/α-hetero) is 1. The highest BCUT2D eigenvalue weighted by molar-refractivity contribution is 5.86. The maximum absolute atomic E-state index is 12.5. The molecule has 0 N–H and O–H groups in total. The Morgan fingerprint density at radius 2 is 2.00 bits per heavy atom. The maximum atomic E-state index is 12.5. The Balaban J connectivity index is 1.59. The molecule has 0 spiro atoms. The molecule has 4 rings (SSSR count). The van der Waals surface area contributed by atoms with Crippen molar-refractivity contribution in [1.82, 2.24) is 19.7 Å². The topological polar surface area (TPSA) is 69.9 Å². The number of aryl methyl sites for hydroxylation is 1. The molecule has 0 aromatic carbocycles. The van der Waals surface area contributed by atoms with E-state index in [0.717, 1.165) is 40.6 Å². The van der Waals surface area contributed by atoms with Crippen molar-refractivity contribution in [3.05, 3.63) is 42.6 Å². The zero-order chi connectivity index (χ0) is 17.2. The van der Waals surface area contributed by atoms with E-state index >= 15 is 0 Å². The van der Waals surface area contributed by atoms with E-state index in [2.05, 4.69) is 21.1 Å². The highest BCUT2D eigenvalue weighted by atomic mass is 16.5. The predicted molar refractivity (Wildman–Crippen MR) is 94.0 cm³/mol. The summed E-state index contributed by atoms with van der Waals surface area (Å²) in [6.07, 6.45) is 9.36. The van der Waals surface area contributed by atoms with Crippen LogP contribution in [0.4, 0.5) is 0 Å². The van der Waals surface area contributed by atoms with E-state index in [9.17, 15) is 4.79 Å². The van der Waals surface area contributed by atoms with Gasteiger partial charge in [0, 0.05) is 67.2 Å². The molecule has 1 aliphatic rings. The molecule has 0 bridgehead atoms. The average molecular weight is 336 g/mol. The third-order valence-electron chi connectivity index (χ3n) is 4.69. The molecular weight excluding hydrogens is 316 g/mol. The van der Waals surface area contributed by atoms with E-state index in [4.69, 9.17) is 4.74 Å². The van der Waals surface area contributed by atoms with Gasteiger partial charge in [-0.15, -0.1) is 0 Å². The van der Waals surface area contributed by atoms with Crippen LogP contribution in [0.3, 0.4) is 0 Å². The summed E-state index contributed by atoms with van der Waals surface area (Å²) >= 11 is 0. The van der Waals surface area contributed by atoms with Gasteiger partial charge in [-0.05, 0) is 25.0 Å². The summed E-state index contributed by atoms with van der Waals surface area (Å²) < 4.78 is 7.10. The smallest absolute Gasteiger partial charge is 0.142 e. The molecule has 3 aromatic heterocycles. The monoisotopic (exact) mass is 336 g/mol. The van der Waals surface area contributed by atoms with Crippen molar-refractivity contribution in [3.8, 4) is 11.1 Å². The van der Waals surface area contributed by atoms with Crippen LogP contribution in [0.15, 0.2) is 36.9 Å². The second kappa shape index (κ2) is 6.72. The second-order valence-electron chi connectivity index (χ2n) is 6.52. The van der Waals surface area contributed by atoms with E-state index in [0.29, 0.717) is 19.6 Å². The molecule has 1 aliphatic heterocycles. The molecule has 0 aliphatic carbocycles. The molecule has 1 fully saturated rings. The fraction of sp³-hybridized carbons (Fsp3) is 0.368. The van der Waals surface area contributed by atoms with Gasteiger partial charge in [-0.25, -0.2) is 0 Å². The first-order valence-corrected chi connectivity index (χ1v) is 8.53. The maximum Gasteiger partial charge on any atom is 0.142 e. The van der Waals surface area contributed by atoms with Crippen molar-refractivity contribution in [3.63, 3.8) is 0 Å². The van der Waals surface area contributed by atoms with Gasteiger partial charge < -0.3 is 4.74 Å². The van der Waals surface area contributed by atoms with E-state index in [1.54, 1.807) is 10.9 Å². The second-order valence-corrected chi connectivity index (χ2v) is 6.52. The summed E-state index contributed by atoms with van der Waals surface area (Å²) in [4.78, 5) is 21.4. The molecule has 0 atom stereocenters. The van der Waals surface area contributed by atoms with Gasteiger partial charge in [0.15, 0.2) is 0 Å². The minimum atomic E-state index is 0.103. The molecule has 4 heterocycles. The Morgan fingerprint density at radius 3 is 2.76 bits per heavy atom. The molecule has 0 unspecified atom stereocenters. The zero-order valence-corrected chi connectivity index (χ0v) is 14.2. The summed E-state index contributed by atoms with van der Waals surface area (Å²) in [6.45, 7) is 1.36. The molecule has 6 heteroatoms. The van der Waals surface area contributed by atoms with Crippen LogP contribution in [-0.2, 0) is 23.0 Å². The quantitative estimate of drug-likeness (QED) is 0.732. The van der Waals surface area contributed by atoms with Gasteiger partial charge >= 0.3 is 0 Å². The Bertz CT molecular complexity index is 913. The van der Waals surface area contributed by atoms with Gasteiger partial charge in [-0.2, -0.15) is 5.10 Å². The fourth-order valence-electron chi connectivity index (χ4n) is 3.24. The summed E-state index contributed by atoms with van der Waals surface area (Å²) in [5, 5.41) is 5.20. The van der Waals surface area contributed by atoms with E-state index < -0.39 is 0 Å². The summed E-state index contributed by atoms with van der Waals surface area (Å²) in [5.41, 5.74) is 3.66. The van der Waals surface area contributed by atoms with Gasteiger partial charge in [0.05, 0.1) is 17.9 Å². The number of carbonyl (C=O) groups excluding carboxylic acids is 1. The molecule has 6 nitrogen and oxygen atoms in total. The highest BCUT2D eigenvalue weighted by Crippen LogP contribution is 2.23. The van der Waals surface area contributed by atoms with E-state index in [-0.39, 0.29) is 11.7 Å². The molecular formula is C19H20N4O2. The van der Waals surface area contributed by atoms with Crippen LogP contribution in [-0.4, -0.2) is 38.7 Å². The number of ether oxygens (including phenoxy) is 1. The summed E-state index contributed by atoms with van der Waals surface area (Å²) in [6, 6.07) is 4.04. The normalized spacial score (nSPS) is 15.6. The largest absolute Gasteiger partial charge is 0.381 e. The van der Waals surface area contributed by atoms with Gasteiger partial charge in [-0.1, -0.05) is 0 Å². The van der Waals surface area contributed by atoms with Crippen LogP contribution < -0.4 is 0 Å². The van der Waals surface area contributed by atoms with E-state index in [1.165, 1.54) is 0 Å². The predicted octanol–water partition coefficient (Wildman–Crippen LogP) is 2.57. The Kier molecular flexibility index (Phi) is 4.28. The van der Waals surface area contributed by atoms with Crippen LogP contribution in [0.1, 0.15) is 18.5 Å². The van der Waals surface area contributed by atoms with Crippen molar-refractivity contribution in [2.45, 2.75) is 19.3 Å². The number of fused-ring (bicyclic) bond motifs is 1. The lowest BCUT2D eigenvalue weighted by atomic mass is 9.92. The Labute approximate surface area is 145 Å². The van der Waals surface area contributed by atoms with Crippen LogP contribution in [0.25, 0.3) is 22.0 Å². The standard InChI is InChI=1S/C19H20N4O2/c1-23-12-16(10-22-23)15-6-14-7-17(20-11-18(14)21-9-15)8-19(24)13-2-4-25-5-3-13/h6-7,9-13H,2-5,8H2,1H3. The lowest BCUT2D eigenvalue weighted by Gasteiger charge is -2.20. The molecule has 25 heavy (non-hydrogen) atoms. The SMILES string of the molecule is Cn1cc(-c2cnc3cnc(CC(=O)C4CCOCC4)cc3c2)cn1. The Hall–Kier alpha value is -2.60. The number of rotatable bonds is 4. The van der Waals surface area contributed by atoms with Crippen LogP contribution in [0, 0.1) is 5.92 Å². The van der Waals surface area contributed by atoms with Crippen LogP contribution >= 0.6 is 0 Å². The number of pyridine rings is 2. The molecule has 0 amide bonds. The van der Waals surface area contributed by atoms with Gasteiger partial charge in [-0.3, -0.25) is 19.4 Å². The third-order valence-corrected chi connectivity index (χ3v) is 4.69. The molecule has 0 saturated carbocycles. The molecule has 128 valence electrons. The first kappa shape index (κ1) is 15.9. The number of nitrogens with zero attached hydrogens (tertiary/aromatic N) is 4. The summed E-state index contributed by atoms with van der Waals surface area (Å²) in [5.74, 6) is 0.359. The minimum Gasteiger partial charge on any atom is -0.381 e. The summed E-state index contributed by atoms with van der Waals surface area (Å²) in [7, 11) is 1.89. The number of hydrogen-bond acceptors (Lipinski definition) is 5. The van der Waals surface area contributed by atoms with Crippen molar-refractivity contribution >= 4 is 16.7 Å². The number of ketones is 1. The number of hydrogen-bond donors (Lipinski definition) is 0. The number of carbonyl (C=O) groups is 1. The molecule has 1 saturated heterocycles. The zero-order valence-electron chi connectivity index (χ0n) is 14.2. The van der Waals surface area contributed by atoms with Gasteiger partial charge in [0.25, 0.3) is 0 Å². The fourth-order valence-corrected chi connectivity index (χ4v) is 3.24. The molecule has 3 aromatic rings. The van der Waals surface area contributed by atoms with Crippen LogP contribution in [0.5, 0.6) is 0 Å². The minimum absolute atomic E-state index is 0.103. The van der Waals surface area contributed by atoms with Crippen LogP contribution in [0.2, 0.25) is 0 Å². The lowest BCUT2D eigenvalue weighted by Crippen LogP contribution is -2.25. The third kappa shape index (κ3) is 3.44. The van der Waals surface area contributed by atoms with Crippen molar-refractivity contribution < 1.29 is 9.53 Å². The van der Waals surface area contributed by atoms with Crippen molar-refractivity contribution in [1.29, 1.82) is 0 Å². The highest BCUT2D eigenvalue weighted by Gasteiger charge is 2.22. The number of aromatic nitrogens is 4. The van der Waals surface area contributed by atoms with Crippen molar-refractivity contribution in [2.75, 3.05) is 13.2 Å². The first-order chi connectivity index (χ1) is 12.2. The van der Waals surface area contributed by atoms with E-state index in [1.807, 2.05) is 31.7 Å².